The van der Waals surface area contributed by atoms with Crippen molar-refractivity contribution in [2.24, 2.45) is 4.40 Å². The predicted molar refractivity (Wildman–Crippen MR) is 129 cm³/mol. The standard InChI is InChI=1S/C25H23F3N4O2S/c26-25(27,28)21-6-5-13-29-23(21)17-7-12-20-22(16-17)35(33,34)31-24(20)30-18-8-10-19(11-9-18)32-14-3-1-2-4-15-32/h5-13,16H,1-4,14-15H2,(H,30,31). The van der Waals surface area contributed by atoms with Crippen molar-refractivity contribution in [2.75, 3.05) is 23.3 Å². The molecule has 1 aromatic heterocycles. The lowest BCUT2D eigenvalue weighted by Crippen LogP contribution is -2.23. The van der Waals surface area contributed by atoms with E-state index in [-0.39, 0.29) is 22.0 Å². The van der Waals surface area contributed by atoms with Crippen molar-refractivity contribution < 1.29 is 21.6 Å². The minimum atomic E-state index is -4.62. The summed E-state index contributed by atoms with van der Waals surface area (Å²) >= 11 is 0. The molecule has 3 aromatic rings. The molecule has 10 heteroatoms. The van der Waals surface area contributed by atoms with Crippen LogP contribution in [0.15, 0.2) is 70.1 Å². The lowest BCUT2D eigenvalue weighted by atomic mass is 10.0. The van der Waals surface area contributed by atoms with Gasteiger partial charge in [0, 0.05) is 41.8 Å². The minimum Gasteiger partial charge on any atom is -0.372 e. The van der Waals surface area contributed by atoms with Crippen LogP contribution >= 0.6 is 0 Å². The second kappa shape index (κ2) is 8.99. The normalized spacial score (nSPS) is 17.5. The summed E-state index contributed by atoms with van der Waals surface area (Å²) < 4.78 is 69.6. The van der Waals surface area contributed by atoms with Crippen LogP contribution in [0.1, 0.15) is 36.8 Å². The number of alkyl halides is 3. The number of anilines is 2. The van der Waals surface area contributed by atoms with Gasteiger partial charge in [0.1, 0.15) is 4.90 Å². The van der Waals surface area contributed by atoms with E-state index >= 15 is 0 Å². The molecule has 1 fully saturated rings. The maximum Gasteiger partial charge on any atom is 0.418 e. The summed E-state index contributed by atoms with van der Waals surface area (Å²) in [5.74, 6) is 0.131. The Bertz CT molecular complexity index is 1380. The third-order valence-electron chi connectivity index (χ3n) is 6.21. The number of pyridine rings is 1. The molecule has 0 bridgehead atoms. The molecule has 0 amide bonds. The zero-order valence-corrected chi connectivity index (χ0v) is 19.5. The molecule has 1 N–H and O–H groups in total. The molecule has 2 aliphatic rings. The molecule has 2 aromatic carbocycles. The SMILES string of the molecule is O=S1(=O)N=C(Nc2ccc(N3CCCCCC3)cc2)c2ccc(-c3ncccc3C(F)(F)F)cc21. The van der Waals surface area contributed by atoms with Crippen LogP contribution in [0.5, 0.6) is 0 Å². The van der Waals surface area contributed by atoms with E-state index in [0.717, 1.165) is 37.7 Å². The molecule has 0 saturated carbocycles. The van der Waals surface area contributed by atoms with Crippen LogP contribution < -0.4 is 10.2 Å². The zero-order valence-electron chi connectivity index (χ0n) is 18.7. The number of nitrogens with zero attached hydrogens (tertiary/aromatic N) is 3. The molecular formula is C25H23F3N4O2S. The molecule has 0 aliphatic carbocycles. The van der Waals surface area contributed by atoms with Crippen LogP contribution in [0.4, 0.5) is 24.5 Å². The first-order chi connectivity index (χ1) is 16.7. The Kier molecular flexibility index (Phi) is 6.00. The van der Waals surface area contributed by atoms with Crippen molar-refractivity contribution in [1.29, 1.82) is 0 Å². The predicted octanol–water partition coefficient (Wildman–Crippen LogP) is 5.71. The first-order valence-corrected chi connectivity index (χ1v) is 12.8. The second-order valence-corrected chi connectivity index (χ2v) is 10.2. The molecule has 182 valence electrons. The van der Waals surface area contributed by atoms with E-state index in [1.54, 1.807) is 0 Å². The number of benzene rings is 2. The number of nitrogens with one attached hydrogen (secondary N) is 1. The average Bonchev–Trinajstić information content (AvgIpc) is 3.00. The quantitative estimate of drug-likeness (QED) is 0.499. The topological polar surface area (TPSA) is 74.7 Å². The van der Waals surface area contributed by atoms with Gasteiger partial charge in [0.15, 0.2) is 5.84 Å². The Labute approximate surface area is 201 Å². The summed E-state index contributed by atoms with van der Waals surface area (Å²) in [6.45, 7) is 2.03. The van der Waals surface area contributed by atoms with Gasteiger partial charge in [0.2, 0.25) is 0 Å². The number of aromatic nitrogens is 1. The fourth-order valence-electron chi connectivity index (χ4n) is 4.47. The fraction of sp³-hybridized carbons (Fsp3) is 0.280. The molecule has 1 saturated heterocycles. The van der Waals surface area contributed by atoms with Gasteiger partial charge in [-0.2, -0.15) is 21.6 Å². The third-order valence-corrected chi connectivity index (χ3v) is 7.53. The van der Waals surface area contributed by atoms with Gasteiger partial charge < -0.3 is 10.2 Å². The van der Waals surface area contributed by atoms with Gasteiger partial charge in [0.25, 0.3) is 10.0 Å². The average molecular weight is 501 g/mol. The Morgan fingerprint density at radius 1 is 0.914 bits per heavy atom. The van der Waals surface area contributed by atoms with Gasteiger partial charge in [-0.15, -0.1) is 4.40 Å². The molecule has 6 nitrogen and oxygen atoms in total. The highest BCUT2D eigenvalue weighted by Gasteiger charge is 2.35. The maximum absolute atomic E-state index is 13.4. The van der Waals surface area contributed by atoms with Crippen molar-refractivity contribution in [3.8, 4) is 11.3 Å². The Morgan fingerprint density at radius 3 is 2.31 bits per heavy atom. The van der Waals surface area contributed by atoms with E-state index in [2.05, 4.69) is 19.6 Å². The zero-order chi connectivity index (χ0) is 24.6. The van der Waals surface area contributed by atoms with Crippen LogP contribution in [-0.4, -0.2) is 32.3 Å². The molecule has 0 spiro atoms. The van der Waals surface area contributed by atoms with Crippen molar-refractivity contribution in [3.05, 3.63) is 71.9 Å². The molecule has 5 rings (SSSR count). The van der Waals surface area contributed by atoms with E-state index in [1.165, 1.54) is 43.3 Å². The highest BCUT2D eigenvalue weighted by atomic mass is 32.2. The highest BCUT2D eigenvalue weighted by molar-refractivity contribution is 7.90. The van der Waals surface area contributed by atoms with Crippen LogP contribution in [0.3, 0.4) is 0 Å². The molecular weight excluding hydrogens is 477 g/mol. The molecule has 3 heterocycles. The maximum atomic E-state index is 13.4. The largest absolute Gasteiger partial charge is 0.418 e. The molecule has 0 atom stereocenters. The van der Waals surface area contributed by atoms with Crippen molar-refractivity contribution >= 4 is 27.2 Å². The van der Waals surface area contributed by atoms with Crippen molar-refractivity contribution in [2.45, 2.75) is 36.8 Å². The van der Waals surface area contributed by atoms with Crippen LogP contribution in [0, 0.1) is 0 Å². The molecule has 0 unspecified atom stereocenters. The second-order valence-electron chi connectivity index (χ2n) is 8.60. The summed E-state index contributed by atoms with van der Waals surface area (Å²) in [7, 11) is -4.07. The number of sulfonamides is 1. The lowest BCUT2D eigenvalue weighted by Gasteiger charge is -2.22. The first-order valence-electron chi connectivity index (χ1n) is 11.4. The first kappa shape index (κ1) is 23.3. The van der Waals surface area contributed by atoms with Gasteiger partial charge in [-0.25, -0.2) is 0 Å². The van der Waals surface area contributed by atoms with Gasteiger partial charge in [-0.05, 0) is 61.4 Å². The fourth-order valence-corrected chi connectivity index (χ4v) is 5.67. The van der Waals surface area contributed by atoms with Crippen LogP contribution in [-0.2, 0) is 16.2 Å². The van der Waals surface area contributed by atoms with E-state index in [4.69, 9.17) is 0 Å². The highest BCUT2D eigenvalue weighted by Crippen LogP contribution is 2.38. The number of amidine groups is 1. The molecule has 0 radical (unpaired) electrons. The molecule has 2 aliphatic heterocycles. The van der Waals surface area contributed by atoms with Crippen molar-refractivity contribution in [3.63, 3.8) is 0 Å². The summed E-state index contributed by atoms with van der Waals surface area (Å²) in [4.78, 5) is 6.05. The number of halogens is 3. The number of hydrogen-bond acceptors (Lipinski definition) is 5. The smallest absolute Gasteiger partial charge is 0.372 e. The van der Waals surface area contributed by atoms with Gasteiger partial charge in [-0.3, -0.25) is 4.98 Å². The molecule has 35 heavy (non-hydrogen) atoms. The van der Waals surface area contributed by atoms with Crippen LogP contribution in [0.2, 0.25) is 0 Å². The number of hydrogen-bond donors (Lipinski definition) is 1. The summed E-state index contributed by atoms with van der Waals surface area (Å²) in [5.41, 5.74) is 0.869. The van der Waals surface area contributed by atoms with E-state index < -0.39 is 21.8 Å². The third kappa shape index (κ3) is 4.75. The van der Waals surface area contributed by atoms with Gasteiger partial charge >= 0.3 is 6.18 Å². The Balaban J connectivity index is 1.42. The lowest BCUT2D eigenvalue weighted by molar-refractivity contribution is -0.137. The van der Waals surface area contributed by atoms with E-state index in [9.17, 15) is 21.6 Å². The summed E-state index contributed by atoms with van der Waals surface area (Å²) in [6, 6.07) is 13.9. The minimum absolute atomic E-state index is 0.0542. The summed E-state index contributed by atoms with van der Waals surface area (Å²) in [6.07, 6.45) is 1.43. The van der Waals surface area contributed by atoms with Crippen LogP contribution in [0.25, 0.3) is 11.3 Å². The summed E-state index contributed by atoms with van der Waals surface area (Å²) in [5, 5.41) is 3.05. The monoisotopic (exact) mass is 500 g/mol. The number of rotatable bonds is 3. The number of fused-ring (bicyclic) bond motifs is 1. The van der Waals surface area contributed by atoms with Crippen molar-refractivity contribution in [1.82, 2.24) is 4.98 Å². The van der Waals surface area contributed by atoms with Gasteiger partial charge in [-0.1, -0.05) is 18.9 Å². The van der Waals surface area contributed by atoms with E-state index in [1.807, 2.05) is 24.3 Å². The van der Waals surface area contributed by atoms with Gasteiger partial charge in [0.05, 0.1) is 11.3 Å². The Morgan fingerprint density at radius 2 is 1.63 bits per heavy atom. The van der Waals surface area contributed by atoms with E-state index in [0.29, 0.717) is 11.3 Å². The Hall–Kier alpha value is -3.40.